The summed E-state index contributed by atoms with van der Waals surface area (Å²) in [4.78, 5) is 11.7. The van der Waals surface area contributed by atoms with Gasteiger partial charge in [-0.3, -0.25) is 4.79 Å². The van der Waals surface area contributed by atoms with Crippen LogP contribution in [0.1, 0.15) is 0 Å². The van der Waals surface area contributed by atoms with Gasteiger partial charge in [-0.1, -0.05) is 29.3 Å². The summed E-state index contributed by atoms with van der Waals surface area (Å²) in [5.74, 6) is -0.691. The highest BCUT2D eigenvalue weighted by molar-refractivity contribution is 6.35. The van der Waals surface area contributed by atoms with Crippen LogP contribution in [0.25, 0.3) is 0 Å². The Kier molecular flexibility index (Phi) is 4.88. The van der Waals surface area contributed by atoms with Gasteiger partial charge in [-0.25, -0.2) is 4.39 Å². The molecule has 0 atom stereocenters. The van der Waals surface area contributed by atoms with E-state index in [2.05, 4.69) is 5.32 Å². The highest BCUT2D eigenvalue weighted by atomic mass is 35.5. The van der Waals surface area contributed by atoms with E-state index in [-0.39, 0.29) is 22.3 Å². The Hall–Kier alpha value is -1.98. The molecule has 0 fully saturated rings. The molecule has 7 heteroatoms. The normalized spacial score (nSPS) is 10.2. The van der Waals surface area contributed by atoms with E-state index in [1.165, 1.54) is 12.1 Å². The van der Waals surface area contributed by atoms with Crippen molar-refractivity contribution in [1.29, 1.82) is 0 Å². The maximum absolute atomic E-state index is 13.2. The van der Waals surface area contributed by atoms with Crippen LogP contribution < -0.4 is 15.8 Å². The summed E-state index contributed by atoms with van der Waals surface area (Å²) in [7, 11) is 0. The number of hydrogen-bond acceptors (Lipinski definition) is 3. The minimum Gasteiger partial charge on any atom is -0.484 e. The lowest BCUT2D eigenvalue weighted by molar-refractivity contribution is -0.118. The van der Waals surface area contributed by atoms with E-state index in [0.717, 1.165) is 0 Å². The quantitative estimate of drug-likeness (QED) is 0.663. The van der Waals surface area contributed by atoms with E-state index >= 15 is 0 Å². The molecule has 3 N–H and O–H groups in total. The van der Waals surface area contributed by atoms with Crippen molar-refractivity contribution in [3.05, 3.63) is 52.3 Å². The van der Waals surface area contributed by atoms with Crippen LogP contribution in [0.2, 0.25) is 10.0 Å². The number of carbonyl (C=O) groups excluding carboxylic acids is 1. The molecule has 0 aromatic heterocycles. The Balaban J connectivity index is 1.96. The zero-order chi connectivity index (χ0) is 15.4. The Labute approximate surface area is 130 Å². The molecule has 0 saturated heterocycles. The van der Waals surface area contributed by atoms with E-state index in [0.29, 0.717) is 11.4 Å². The van der Waals surface area contributed by atoms with Gasteiger partial charge in [0.15, 0.2) is 12.4 Å². The third kappa shape index (κ3) is 4.24. The molecular formula is C14H11Cl2FN2O2. The second kappa shape index (κ2) is 6.65. The average molecular weight is 329 g/mol. The number of carbonyl (C=O) groups is 1. The fourth-order valence-corrected chi connectivity index (χ4v) is 2.07. The largest absolute Gasteiger partial charge is 0.484 e. The lowest BCUT2D eigenvalue weighted by Gasteiger charge is -2.09. The highest BCUT2D eigenvalue weighted by Gasteiger charge is 2.10. The average Bonchev–Trinajstić information content (AvgIpc) is 2.42. The van der Waals surface area contributed by atoms with Crippen LogP contribution in [0, 0.1) is 5.82 Å². The van der Waals surface area contributed by atoms with Gasteiger partial charge in [-0.15, -0.1) is 0 Å². The molecule has 2 rings (SSSR count). The van der Waals surface area contributed by atoms with Crippen molar-refractivity contribution >= 4 is 40.5 Å². The smallest absolute Gasteiger partial charge is 0.262 e. The van der Waals surface area contributed by atoms with Crippen LogP contribution in [0.3, 0.4) is 0 Å². The van der Waals surface area contributed by atoms with Crippen molar-refractivity contribution in [2.24, 2.45) is 0 Å². The van der Waals surface area contributed by atoms with E-state index in [4.69, 9.17) is 33.7 Å². The molecule has 0 bridgehead atoms. The predicted octanol–water partition coefficient (Wildman–Crippen LogP) is 3.73. The van der Waals surface area contributed by atoms with Crippen molar-refractivity contribution in [2.75, 3.05) is 17.7 Å². The van der Waals surface area contributed by atoms with Crippen LogP contribution in [-0.4, -0.2) is 12.5 Å². The molecule has 2 aromatic rings. The second-order valence-corrected chi connectivity index (χ2v) is 4.98. The summed E-state index contributed by atoms with van der Waals surface area (Å²) in [6.45, 7) is -0.226. The van der Waals surface area contributed by atoms with Gasteiger partial charge >= 0.3 is 0 Å². The number of rotatable bonds is 4. The van der Waals surface area contributed by atoms with Gasteiger partial charge in [0.05, 0.1) is 10.0 Å². The van der Waals surface area contributed by atoms with Crippen LogP contribution in [0.5, 0.6) is 5.75 Å². The second-order valence-electron chi connectivity index (χ2n) is 4.16. The molecule has 0 saturated carbocycles. The number of anilines is 2. The Morgan fingerprint density at radius 2 is 1.90 bits per heavy atom. The van der Waals surface area contributed by atoms with Crippen molar-refractivity contribution in [1.82, 2.24) is 0 Å². The van der Waals surface area contributed by atoms with Crippen LogP contribution in [-0.2, 0) is 4.79 Å². The number of nitrogens with one attached hydrogen (secondary N) is 1. The summed E-state index contributed by atoms with van der Waals surface area (Å²) in [6.07, 6.45) is 0. The first-order valence-corrected chi connectivity index (χ1v) is 6.64. The molecule has 1 amide bonds. The van der Waals surface area contributed by atoms with E-state index in [1.54, 1.807) is 24.3 Å². The van der Waals surface area contributed by atoms with Gasteiger partial charge in [0.2, 0.25) is 0 Å². The molecule has 2 aromatic carbocycles. The van der Waals surface area contributed by atoms with Gasteiger partial charge in [-0.2, -0.15) is 0 Å². The Morgan fingerprint density at radius 1 is 1.24 bits per heavy atom. The number of amides is 1. The number of halogens is 3. The third-order valence-corrected chi connectivity index (χ3v) is 3.05. The van der Waals surface area contributed by atoms with Crippen LogP contribution in [0.15, 0.2) is 36.4 Å². The summed E-state index contributed by atoms with van der Waals surface area (Å²) < 4.78 is 18.5. The first kappa shape index (κ1) is 15.4. The minimum atomic E-state index is -0.729. The lowest BCUT2D eigenvalue weighted by atomic mass is 10.3. The number of nitrogen functional groups attached to an aromatic ring is 1. The predicted molar refractivity (Wildman–Crippen MR) is 81.4 cm³/mol. The molecule has 4 nitrogen and oxygen atoms in total. The molecule has 0 aliphatic heterocycles. The zero-order valence-corrected chi connectivity index (χ0v) is 12.2. The standard InChI is InChI=1S/C14H11Cl2FN2O2/c15-11-5-9(6-12(16)14(11)17)19-13(20)7-21-10-3-1-2-8(18)4-10/h1-6H,7,18H2,(H,19,20). The van der Waals surface area contributed by atoms with Gasteiger partial charge in [0.25, 0.3) is 5.91 Å². The monoisotopic (exact) mass is 328 g/mol. The van der Waals surface area contributed by atoms with Crippen LogP contribution >= 0.6 is 23.2 Å². The fraction of sp³-hybridized carbons (Fsp3) is 0.0714. The van der Waals surface area contributed by atoms with E-state index in [9.17, 15) is 9.18 Å². The summed E-state index contributed by atoms with van der Waals surface area (Å²) in [5, 5.41) is 2.16. The fourth-order valence-electron chi connectivity index (χ4n) is 1.58. The summed E-state index contributed by atoms with van der Waals surface area (Å²) in [6, 6.07) is 9.22. The number of nitrogens with two attached hydrogens (primary N) is 1. The highest BCUT2D eigenvalue weighted by Crippen LogP contribution is 2.27. The minimum absolute atomic E-state index is 0.172. The molecule has 0 radical (unpaired) electrons. The molecular weight excluding hydrogens is 318 g/mol. The topological polar surface area (TPSA) is 64.3 Å². The third-order valence-electron chi connectivity index (χ3n) is 2.50. The van der Waals surface area contributed by atoms with Gasteiger partial charge in [-0.05, 0) is 24.3 Å². The van der Waals surface area contributed by atoms with Gasteiger partial charge in [0.1, 0.15) is 5.75 Å². The SMILES string of the molecule is Nc1cccc(OCC(=O)Nc2cc(Cl)c(F)c(Cl)c2)c1. The Bertz CT molecular complexity index is 657. The molecule has 0 heterocycles. The van der Waals surface area contributed by atoms with Gasteiger partial charge in [0, 0.05) is 17.4 Å². The maximum atomic E-state index is 13.2. The van der Waals surface area contributed by atoms with Crippen molar-refractivity contribution in [2.45, 2.75) is 0 Å². The molecule has 21 heavy (non-hydrogen) atoms. The van der Waals surface area contributed by atoms with Crippen molar-refractivity contribution in [3.8, 4) is 5.75 Å². The first-order valence-electron chi connectivity index (χ1n) is 5.88. The molecule has 0 aliphatic carbocycles. The zero-order valence-electron chi connectivity index (χ0n) is 10.7. The van der Waals surface area contributed by atoms with Gasteiger partial charge < -0.3 is 15.8 Å². The lowest BCUT2D eigenvalue weighted by Crippen LogP contribution is -2.20. The van der Waals surface area contributed by atoms with E-state index < -0.39 is 11.7 Å². The molecule has 0 aliphatic rings. The molecule has 0 unspecified atom stereocenters. The van der Waals surface area contributed by atoms with Crippen LogP contribution in [0.4, 0.5) is 15.8 Å². The summed E-state index contributed by atoms with van der Waals surface area (Å²) in [5.41, 5.74) is 6.41. The van der Waals surface area contributed by atoms with Crippen molar-refractivity contribution in [3.63, 3.8) is 0 Å². The van der Waals surface area contributed by atoms with E-state index in [1.807, 2.05) is 0 Å². The first-order chi connectivity index (χ1) is 9.95. The number of hydrogen-bond donors (Lipinski definition) is 2. The number of ether oxygens (including phenoxy) is 1. The number of benzene rings is 2. The molecule has 110 valence electrons. The Morgan fingerprint density at radius 3 is 2.52 bits per heavy atom. The maximum Gasteiger partial charge on any atom is 0.262 e. The van der Waals surface area contributed by atoms with Crippen molar-refractivity contribution < 1.29 is 13.9 Å². The molecule has 0 spiro atoms. The summed E-state index contributed by atoms with van der Waals surface area (Å²) >= 11 is 11.3.